The molecular formula is C46H59NO16. The molecule has 4 fully saturated rings. The predicted octanol–water partition coefficient (Wildman–Crippen LogP) is 2.79. The number of hydrogen-bond acceptors (Lipinski definition) is 16. The maximum Gasteiger partial charge on any atom is 0.408 e. The van der Waals surface area contributed by atoms with Crippen LogP contribution in [0.2, 0.25) is 0 Å². The average Bonchev–Trinajstić information content (AvgIpc) is 3.66. The molecule has 7 rings (SSSR count). The first-order chi connectivity index (χ1) is 29.5. The average molecular weight is 882 g/mol. The van der Waals surface area contributed by atoms with E-state index in [9.17, 15) is 44.7 Å². The van der Waals surface area contributed by atoms with Gasteiger partial charge in [0.2, 0.25) is 0 Å². The van der Waals surface area contributed by atoms with E-state index in [1.807, 2.05) is 0 Å². The Morgan fingerprint density at radius 2 is 1.59 bits per heavy atom. The number of alkyl carbamates (subject to hydrolysis) is 1. The maximum atomic E-state index is 14.4. The number of amides is 1. The number of ether oxygens (including phenoxy) is 7. The van der Waals surface area contributed by atoms with Crippen molar-refractivity contribution in [3.05, 3.63) is 82.9 Å². The van der Waals surface area contributed by atoms with Gasteiger partial charge in [0.25, 0.3) is 0 Å². The number of rotatable bonds is 10. The van der Waals surface area contributed by atoms with Crippen molar-refractivity contribution in [2.75, 3.05) is 13.2 Å². The summed E-state index contributed by atoms with van der Waals surface area (Å²) in [5.41, 5.74) is -6.86. The van der Waals surface area contributed by atoms with E-state index in [1.165, 1.54) is 19.1 Å². The first-order valence-corrected chi connectivity index (χ1v) is 21.2. The molecule has 17 heteroatoms. The fraction of sp³-hybridized carbons (Fsp3) is 0.609. The molecule has 2 aromatic carbocycles. The second-order valence-electron chi connectivity index (χ2n) is 19.1. The number of fused-ring (bicyclic) bond motifs is 8. The van der Waals surface area contributed by atoms with Gasteiger partial charge in [0.05, 0.1) is 42.9 Å². The number of aliphatic hydroxyl groups excluding tert-OH is 4. The summed E-state index contributed by atoms with van der Waals surface area (Å²) < 4.78 is 43.4. The first kappa shape index (κ1) is 46.5. The normalized spacial score (nSPS) is 35.7. The molecule has 344 valence electrons. The Labute approximate surface area is 365 Å². The van der Waals surface area contributed by atoms with Crippen LogP contribution in [0.3, 0.4) is 0 Å². The highest BCUT2D eigenvalue weighted by atomic mass is 16.7. The summed E-state index contributed by atoms with van der Waals surface area (Å²) in [6.07, 6.45) is -14.4. The monoisotopic (exact) mass is 881 g/mol. The largest absolute Gasteiger partial charge is 0.456 e. The lowest BCUT2D eigenvalue weighted by Gasteiger charge is -2.68. The fourth-order valence-corrected chi connectivity index (χ4v) is 10.7. The molecule has 6 N–H and O–H groups in total. The summed E-state index contributed by atoms with van der Waals surface area (Å²) >= 11 is 0. The molecule has 0 radical (unpaired) electrons. The van der Waals surface area contributed by atoms with Crippen molar-refractivity contribution in [1.29, 1.82) is 0 Å². The number of benzene rings is 2. The van der Waals surface area contributed by atoms with Gasteiger partial charge in [-0.3, -0.25) is 4.79 Å². The van der Waals surface area contributed by atoms with Crippen molar-refractivity contribution >= 4 is 24.0 Å². The van der Waals surface area contributed by atoms with Crippen LogP contribution in [-0.4, -0.2) is 135 Å². The molecule has 2 saturated carbocycles. The minimum absolute atomic E-state index is 0.0721. The van der Waals surface area contributed by atoms with E-state index in [-0.39, 0.29) is 18.6 Å². The molecule has 63 heavy (non-hydrogen) atoms. The number of hydrogen-bond donors (Lipinski definition) is 6. The predicted molar refractivity (Wildman–Crippen MR) is 219 cm³/mol. The third kappa shape index (κ3) is 7.94. The van der Waals surface area contributed by atoms with Crippen LogP contribution in [0.5, 0.6) is 0 Å². The van der Waals surface area contributed by atoms with Gasteiger partial charge >= 0.3 is 24.0 Å². The van der Waals surface area contributed by atoms with Crippen LogP contribution in [0.15, 0.2) is 71.8 Å². The Balaban J connectivity index is 1.40. The van der Waals surface area contributed by atoms with E-state index < -0.39 is 132 Å². The Kier molecular flexibility index (Phi) is 12.4. The lowest BCUT2D eigenvalue weighted by Crippen LogP contribution is -2.82. The van der Waals surface area contributed by atoms with E-state index in [1.54, 1.807) is 97.0 Å². The minimum atomic E-state index is -2.28. The smallest absolute Gasteiger partial charge is 0.408 e. The molecule has 17 nitrogen and oxygen atoms in total. The molecule has 2 heterocycles. The van der Waals surface area contributed by atoms with Crippen LogP contribution >= 0.6 is 0 Å². The molecule has 5 aliphatic rings. The highest BCUT2D eigenvalue weighted by Crippen LogP contribution is 2.67. The number of nitrogens with one attached hydrogen (secondary N) is 1. The van der Waals surface area contributed by atoms with Crippen LogP contribution in [-0.2, 0) is 42.7 Å². The Morgan fingerprint density at radius 1 is 0.952 bits per heavy atom. The van der Waals surface area contributed by atoms with Crippen molar-refractivity contribution in [2.45, 2.75) is 146 Å². The molecule has 3 unspecified atom stereocenters. The van der Waals surface area contributed by atoms with Gasteiger partial charge in [-0.2, -0.15) is 0 Å². The van der Waals surface area contributed by atoms with Crippen LogP contribution in [0.1, 0.15) is 90.2 Å². The Bertz CT molecular complexity index is 2090. The van der Waals surface area contributed by atoms with E-state index in [0.29, 0.717) is 16.7 Å². The SMILES string of the molecule is CC(=O)O[C@@]12COC1C[C@H](O)[C@@]1(C)[C@@H]3OC(C(O)CO)O[C@@H]3C3=C(C)[C@@H](OC(=O)[C@H](O)[C@@H](NC(=O)OC(C)(C)C)c4ccccc4)C[C@@](O)([C@@H](OC(=O)c4ccccc4)[C@@H]12)C3(C)C. The van der Waals surface area contributed by atoms with Crippen molar-refractivity contribution in [3.63, 3.8) is 0 Å². The Hall–Kier alpha value is -4.46. The van der Waals surface area contributed by atoms with Gasteiger partial charge in [-0.25, -0.2) is 14.4 Å². The van der Waals surface area contributed by atoms with Gasteiger partial charge in [-0.15, -0.1) is 0 Å². The standard InChI is InChI=1S/C46H59NO16/c1-23-28(58-39(54)33(52)32(25-15-11-9-12-16-25)47-41(55)63-42(3,4)5)20-46(56)37(60-38(53)26-17-13-10-14-18-26)35-44(8,29(51)19-30-45(35,22-57-30)62-24(2)49)36-34(31(23)43(46,6)7)59-40(61-36)27(50)21-48/h9-18,27-30,32-37,40,48,50-52,56H,19-22H2,1-8H3,(H,47,55)/t27?,28-,29-,30?,32-,33+,34+,35-,36+,37-,40?,44+,45-,46+/m0/s1. The molecule has 0 spiro atoms. The van der Waals surface area contributed by atoms with Gasteiger partial charge in [-0.05, 0) is 56.5 Å². The molecule has 1 amide bonds. The van der Waals surface area contributed by atoms with Gasteiger partial charge in [0.1, 0.15) is 41.7 Å². The second-order valence-corrected chi connectivity index (χ2v) is 19.1. The van der Waals surface area contributed by atoms with Crippen molar-refractivity contribution < 1.29 is 77.9 Å². The molecule has 2 bridgehead atoms. The summed E-state index contributed by atoms with van der Waals surface area (Å²) in [7, 11) is 0. The van der Waals surface area contributed by atoms with Crippen LogP contribution in [0, 0.1) is 16.7 Å². The number of carbonyl (C=O) groups is 4. The van der Waals surface area contributed by atoms with Crippen LogP contribution in [0.25, 0.3) is 0 Å². The van der Waals surface area contributed by atoms with E-state index in [2.05, 4.69) is 5.32 Å². The molecule has 14 atom stereocenters. The second kappa shape index (κ2) is 16.8. The lowest BCUT2D eigenvalue weighted by molar-refractivity contribution is -0.362. The van der Waals surface area contributed by atoms with E-state index in [4.69, 9.17) is 33.2 Å². The van der Waals surface area contributed by atoms with Crippen LogP contribution in [0.4, 0.5) is 4.79 Å². The third-order valence-corrected chi connectivity index (χ3v) is 13.8. The number of carbonyl (C=O) groups excluding carboxylic acids is 4. The van der Waals surface area contributed by atoms with E-state index in [0.717, 1.165) is 0 Å². The van der Waals surface area contributed by atoms with Crippen molar-refractivity contribution in [3.8, 4) is 0 Å². The van der Waals surface area contributed by atoms with Crippen molar-refractivity contribution in [2.24, 2.45) is 16.7 Å². The Morgan fingerprint density at radius 3 is 2.16 bits per heavy atom. The highest BCUT2D eigenvalue weighted by Gasteiger charge is 2.79. The number of aliphatic hydroxyl groups is 5. The number of esters is 3. The van der Waals surface area contributed by atoms with Gasteiger partial charge in [-0.1, -0.05) is 69.3 Å². The van der Waals surface area contributed by atoms with Gasteiger partial charge in [0.15, 0.2) is 18.0 Å². The minimum Gasteiger partial charge on any atom is -0.456 e. The highest BCUT2D eigenvalue weighted by molar-refractivity contribution is 5.89. The molecule has 3 aliphatic carbocycles. The maximum absolute atomic E-state index is 14.4. The zero-order chi connectivity index (χ0) is 46.0. The molecule has 2 saturated heterocycles. The molecular weight excluding hydrogens is 822 g/mol. The first-order valence-electron chi connectivity index (χ1n) is 21.2. The van der Waals surface area contributed by atoms with Crippen LogP contribution < -0.4 is 5.32 Å². The summed E-state index contributed by atoms with van der Waals surface area (Å²) in [6, 6.07) is 14.9. The van der Waals surface area contributed by atoms with Gasteiger partial charge in [0, 0.05) is 30.6 Å². The third-order valence-electron chi connectivity index (χ3n) is 13.8. The lowest BCUT2D eigenvalue weighted by atomic mass is 9.44. The zero-order valence-electron chi connectivity index (χ0n) is 36.7. The topological polar surface area (TPSA) is 246 Å². The summed E-state index contributed by atoms with van der Waals surface area (Å²) in [6.45, 7) is 11.8. The quantitative estimate of drug-likeness (QED) is 0.114. The zero-order valence-corrected chi connectivity index (χ0v) is 36.7. The van der Waals surface area contributed by atoms with E-state index >= 15 is 0 Å². The fourth-order valence-electron chi connectivity index (χ4n) is 10.7. The molecule has 0 aromatic heterocycles. The summed E-state index contributed by atoms with van der Waals surface area (Å²) in [4.78, 5) is 54.9. The summed E-state index contributed by atoms with van der Waals surface area (Å²) in [5.74, 6) is -4.12. The summed E-state index contributed by atoms with van der Waals surface area (Å²) in [5, 5.41) is 61.6. The van der Waals surface area contributed by atoms with Crippen molar-refractivity contribution in [1.82, 2.24) is 5.32 Å². The molecule has 2 aromatic rings. The van der Waals surface area contributed by atoms with Gasteiger partial charge < -0.3 is 64.0 Å². The molecule has 2 aliphatic heterocycles.